The molecule has 2 N–H and O–H groups in total. The molecular formula is C13H16N2O2. The van der Waals surface area contributed by atoms with Gasteiger partial charge in [-0.25, -0.2) is 0 Å². The van der Waals surface area contributed by atoms with E-state index < -0.39 is 0 Å². The highest BCUT2D eigenvalue weighted by Crippen LogP contribution is 2.28. The lowest BCUT2D eigenvalue weighted by atomic mass is 10.0. The van der Waals surface area contributed by atoms with Gasteiger partial charge in [-0.3, -0.25) is 14.5 Å². The van der Waals surface area contributed by atoms with Gasteiger partial charge in [0.25, 0.3) is 0 Å². The molecule has 1 aliphatic heterocycles. The first kappa shape index (κ1) is 11.6. The van der Waals surface area contributed by atoms with Crippen LogP contribution in [0.5, 0.6) is 0 Å². The van der Waals surface area contributed by atoms with E-state index in [1.54, 1.807) is 6.07 Å². The van der Waals surface area contributed by atoms with Crippen LogP contribution in [0.3, 0.4) is 0 Å². The molecule has 2 amide bonds. The summed E-state index contributed by atoms with van der Waals surface area (Å²) >= 11 is 0. The molecule has 0 saturated carbocycles. The van der Waals surface area contributed by atoms with Gasteiger partial charge in [0.2, 0.25) is 11.8 Å². The van der Waals surface area contributed by atoms with Crippen molar-refractivity contribution in [3.63, 3.8) is 0 Å². The van der Waals surface area contributed by atoms with Crippen molar-refractivity contribution in [2.45, 2.75) is 32.2 Å². The van der Waals surface area contributed by atoms with Crippen molar-refractivity contribution in [1.29, 1.82) is 0 Å². The largest absolute Gasteiger partial charge is 0.398 e. The standard InChI is InChI=1S/C13H16N2O2/c1-9(10-5-2-3-6-11(10)14)15-12(16)7-4-8-13(15)17/h2-3,5-6,9H,4,7-8,14H2,1H3. The third-order valence-electron chi connectivity index (χ3n) is 3.15. The second-order valence-corrected chi connectivity index (χ2v) is 4.32. The minimum atomic E-state index is -0.281. The molecule has 0 aromatic heterocycles. The Labute approximate surface area is 100 Å². The lowest BCUT2D eigenvalue weighted by Crippen LogP contribution is -2.41. The van der Waals surface area contributed by atoms with Gasteiger partial charge in [-0.05, 0) is 25.0 Å². The summed E-state index contributed by atoms with van der Waals surface area (Å²) in [5, 5.41) is 0. The van der Waals surface area contributed by atoms with E-state index in [0.29, 0.717) is 24.9 Å². The molecule has 1 unspecified atom stereocenters. The Kier molecular flexibility index (Phi) is 3.13. The van der Waals surface area contributed by atoms with Crippen LogP contribution in [0.1, 0.15) is 37.8 Å². The molecule has 0 spiro atoms. The zero-order valence-electron chi connectivity index (χ0n) is 9.85. The van der Waals surface area contributed by atoms with Gasteiger partial charge in [0.05, 0.1) is 6.04 Å². The number of carbonyl (C=O) groups excluding carboxylic acids is 2. The number of likely N-dealkylation sites (tertiary alicyclic amines) is 1. The first-order valence-corrected chi connectivity index (χ1v) is 5.80. The number of hydrogen-bond donors (Lipinski definition) is 1. The average molecular weight is 232 g/mol. The number of benzene rings is 1. The Balaban J connectivity index is 2.30. The third kappa shape index (κ3) is 2.16. The number of amides is 2. The van der Waals surface area contributed by atoms with Crippen LogP contribution in [0.15, 0.2) is 24.3 Å². The zero-order chi connectivity index (χ0) is 12.4. The number of imide groups is 1. The third-order valence-corrected chi connectivity index (χ3v) is 3.15. The van der Waals surface area contributed by atoms with E-state index in [1.807, 2.05) is 25.1 Å². The molecule has 1 fully saturated rings. The van der Waals surface area contributed by atoms with Gasteiger partial charge in [0.15, 0.2) is 0 Å². The predicted molar refractivity (Wildman–Crippen MR) is 65.0 cm³/mol. The summed E-state index contributed by atoms with van der Waals surface area (Å²) in [4.78, 5) is 24.9. The van der Waals surface area contributed by atoms with Gasteiger partial charge >= 0.3 is 0 Å². The number of anilines is 1. The summed E-state index contributed by atoms with van der Waals surface area (Å²) in [7, 11) is 0. The van der Waals surface area contributed by atoms with Gasteiger partial charge in [-0.1, -0.05) is 18.2 Å². The molecule has 17 heavy (non-hydrogen) atoms. The van der Waals surface area contributed by atoms with Crippen LogP contribution in [0.4, 0.5) is 5.69 Å². The van der Waals surface area contributed by atoms with Crippen molar-refractivity contribution in [2.24, 2.45) is 0 Å². The fourth-order valence-corrected chi connectivity index (χ4v) is 2.23. The SMILES string of the molecule is CC(c1ccccc1N)N1C(=O)CCCC1=O. The Bertz CT molecular complexity index is 440. The van der Waals surface area contributed by atoms with E-state index in [-0.39, 0.29) is 17.9 Å². The number of nitrogens with two attached hydrogens (primary N) is 1. The maximum absolute atomic E-state index is 11.8. The maximum atomic E-state index is 11.8. The van der Waals surface area contributed by atoms with Crippen molar-refractivity contribution >= 4 is 17.5 Å². The first-order valence-electron chi connectivity index (χ1n) is 5.80. The number of rotatable bonds is 2. The van der Waals surface area contributed by atoms with Gasteiger partial charge in [0.1, 0.15) is 0 Å². The van der Waals surface area contributed by atoms with E-state index in [4.69, 9.17) is 5.73 Å². The number of nitrogen functional groups attached to an aromatic ring is 1. The van der Waals surface area contributed by atoms with Gasteiger partial charge < -0.3 is 5.73 Å². The van der Waals surface area contributed by atoms with Crippen LogP contribution in [-0.4, -0.2) is 16.7 Å². The maximum Gasteiger partial charge on any atom is 0.229 e. The molecule has 1 saturated heterocycles. The van der Waals surface area contributed by atoms with Crippen molar-refractivity contribution in [1.82, 2.24) is 4.90 Å². The zero-order valence-corrected chi connectivity index (χ0v) is 9.85. The summed E-state index contributed by atoms with van der Waals surface area (Å²) in [5.41, 5.74) is 7.32. The van der Waals surface area contributed by atoms with Crippen LogP contribution in [0.2, 0.25) is 0 Å². The minimum Gasteiger partial charge on any atom is -0.398 e. The van der Waals surface area contributed by atoms with Gasteiger partial charge in [-0.15, -0.1) is 0 Å². The smallest absolute Gasteiger partial charge is 0.229 e. The van der Waals surface area contributed by atoms with Crippen molar-refractivity contribution in [2.75, 3.05) is 5.73 Å². The quantitative estimate of drug-likeness (QED) is 0.625. The molecule has 0 bridgehead atoms. The Morgan fingerprint density at radius 2 is 1.76 bits per heavy atom. The average Bonchev–Trinajstić information content (AvgIpc) is 2.29. The van der Waals surface area contributed by atoms with Crippen molar-refractivity contribution in [3.05, 3.63) is 29.8 Å². The monoisotopic (exact) mass is 232 g/mol. The normalized spacial score (nSPS) is 18.3. The van der Waals surface area contributed by atoms with Crippen LogP contribution in [0, 0.1) is 0 Å². The van der Waals surface area contributed by atoms with Gasteiger partial charge in [-0.2, -0.15) is 0 Å². The Hall–Kier alpha value is -1.84. The first-order chi connectivity index (χ1) is 8.11. The lowest BCUT2D eigenvalue weighted by Gasteiger charge is -2.31. The molecule has 0 radical (unpaired) electrons. The summed E-state index contributed by atoms with van der Waals surface area (Å²) < 4.78 is 0. The topological polar surface area (TPSA) is 63.4 Å². The molecule has 1 aromatic rings. The van der Waals surface area contributed by atoms with Crippen molar-refractivity contribution < 1.29 is 9.59 Å². The molecule has 4 heteroatoms. The summed E-state index contributed by atoms with van der Waals surface area (Å²) in [6.45, 7) is 1.84. The van der Waals surface area contributed by atoms with E-state index in [0.717, 1.165) is 5.56 Å². The summed E-state index contributed by atoms with van der Waals surface area (Å²) in [6, 6.07) is 7.06. The minimum absolute atomic E-state index is 0.1000. The lowest BCUT2D eigenvalue weighted by molar-refractivity contribution is -0.150. The number of piperidine rings is 1. The fraction of sp³-hybridized carbons (Fsp3) is 0.385. The second-order valence-electron chi connectivity index (χ2n) is 4.32. The van der Waals surface area contributed by atoms with E-state index in [9.17, 15) is 9.59 Å². The van der Waals surface area contributed by atoms with E-state index in [1.165, 1.54) is 4.90 Å². The number of para-hydroxylation sites is 1. The predicted octanol–water partition coefficient (Wildman–Crippen LogP) is 1.87. The molecular weight excluding hydrogens is 216 g/mol. The van der Waals surface area contributed by atoms with Crippen LogP contribution in [-0.2, 0) is 9.59 Å². The highest BCUT2D eigenvalue weighted by atomic mass is 16.2. The van der Waals surface area contributed by atoms with Crippen LogP contribution >= 0.6 is 0 Å². The fourth-order valence-electron chi connectivity index (χ4n) is 2.23. The molecule has 2 rings (SSSR count). The van der Waals surface area contributed by atoms with E-state index >= 15 is 0 Å². The number of hydrogen-bond acceptors (Lipinski definition) is 3. The summed E-state index contributed by atoms with van der Waals surface area (Å²) in [5.74, 6) is -0.200. The highest BCUT2D eigenvalue weighted by Gasteiger charge is 2.31. The van der Waals surface area contributed by atoms with E-state index in [2.05, 4.69) is 0 Å². The Morgan fingerprint density at radius 1 is 1.18 bits per heavy atom. The molecule has 1 heterocycles. The van der Waals surface area contributed by atoms with Gasteiger partial charge in [0, 0.05) is 18.5 Å². The summed E-state index contributed by atoms with van der Waals surface area (Å²) in [6.07, 6.45) is 1.55. The highest BCUT2D eigenvalue weighted by molar-refractivity contribution is 5.98. The molecule has 1 aromatic carbocycles. The molecule has 90 valence electrons. The molecule has 0 aliphatic carbocycles. The molecule has 1 atom stereocenters. The van der Waals surface area contributed by atoms with Crippen molar-refractivity contribution in [3.8, 4) is 0 Å². The molecule has 4 nitrogen and oxygen atoms in total. The number of carbonyl (C=O) groups is 2. The second kappa shape index (κ2) is 4.57. The van der Waals surface area contributed by atoms with Crippen LogP contribution in [0.25, 0.3) is 0 Å². The molecule has 1 aliphatic rings. The Morgan fingerprint density at radius 3 is 2.35 bits per heavy atom. The number of nitrogens with zero attached hydrogens (tertiary/aromatic N) is 1. The van der Waals surface area contributed by atoms with Crippen LogP contribution < -0.4 is 5.73 Å².